The molecule has 1 unspecified atom stereocenters. The van der Waals surface area contributed by atoms with Gasteiger partial charge in [-0.1, -0.05) is 20.3 Å². The summed E-state index contributed by atoms with van der Waals surface area (Å²) in [5.41, 5.74) is 0. The Morgan fingerprint density at radius 2 is 2.11 bits per heavy atom. The van der Waals surface area contributed by atoms with Crippen LogP contribution in [-0.4, -0.2) is 23.1 Å². The molecule has 0 bridgehead atoms. The monoisotopic (exact) mass is 278 g/mol. The number of nitrogens with one attached hydrogen (secondary N) is 2. The Morgan fingerprint density at radius 3 is 2.74 bits per heavy atom. The summed E-state index contributed by atoms with van der Waals surface area (Å²) < 4.78 is 0. The first-order chi connectivity index (χ1) is 9.17. The lowest BCUT2D eigenvalue weighted by atomic mass is 10.2. The standard InChI is InChI=1S/C14H22N4S/c1-5-7-9(3)16-12-11-8-10(6-2)19-13(11)18-14(15-4)17-12/h8-9H,5-7H2,1-4H3,(H2,15,16,17,18). The van der Waals surface area contributed by atoms with Crippen molar-refractivity contribution in [2.45, 2.75) is 46.1 Å². The highest BCUT2D eigenvalue weighted by Crippen LogP contribution is 2.30. The Labute approximate surface area is 118 Å². The fourth-order valence-corrected chi connectivity index (χ4v) is 3.07. The number of thiophene rings is 1. The summed E-state index contributed by atoms with van der Waals surface area (Å²) >= 11 is 1.75. The Kier molecular flexibility index (Phi) is 4.58. The van der Waals surface area contributed by atoms with E-state index in [1.807, 2.05) is 7.05 Å². The van der Waals surface area contributed by atoms with Crippen molar-refractivity contribution in [3.8, 4) is 0 Å². The normalized spacial score (nSPS) is 12.6. The molecule has 0 aliphatic carbocycles. The summed E-state index contributed by atoms with van der Waals surface area (Å²) in [7, 11) is 1.86. The Hall–Kier alpha value is -1.36. The first-order valence-electron chi connectivity index (χ1n) is 6.92. The molecule has 5 heteroatoms. The Morgan fingerprint density at radius 1 is 1.32 bits per heavy atom. The van der Waals surface area contributed by atoms with Crippen molar-refractivity contribution in [3.63, 3.8) is 0 Å². The van der Waals surface area contributed by atoms with Crippen LogP contribution < -0.4 is 10.6 Å². The maximum absolute atomic E-state index is 4.56. The van der Waals surface area contributed by atoms with Crippen molar-refractivity contribution >= 4 is 33.3 Å². The van der Waals surface area contributed by atoms with E-state index >= 15 is 0 Å². The number of hydrogen-bond donors (Lipinski definition) is 2. The number of nitrogens with zero attached hydrogens (tertiary/aromatic N) is 2. The van der Waals surface area contributed by atoms with E-state index in [1.54, 1.807) is 11.3 Å². The molecule has 0 amide bonds. The smallest absolute Gasteiger partial charge is 0.225 e. The summed E-state index contributed by atoms with van der Waals surface area (Å²) in [5.74, 6) is 1.63. The van der Waals surface area contributed by atoms with Gasteiger partial charge in [0, 0.05) is 18.0 Å². The number of fused-ring (bicyclic) bond motifs is 1. The molecule has 4 nitrogen and oxygen atoms in total. The van der Waals surface area contributed by atoms with Gasteiger partial charge >= 0.3 is 0 Å². The number of rotatable bonds is 6. The highest BCUT2D eigenvalue weighted by molar-refractivity contribution is 7.18. The SMILES string of the molecule is CCCC(C)Nc1nc(NC)nc2sc(CC)cc12. The summed E-state index contributed by atoms with van der Waals surface area (Å²) in [6, 6.07) is 2.64. The summed E-state index contributed by atoms with van der Waals surface area (Å²) in [5, 5.41) is 7.69. The predicted molar refractivity (Wildman–Crippen MR) is 84.3 cm³/mol. The van der Waals surface area contributed by atoms with Crippen molar-refractivity contribution in [1.82, 2.24) is 9.97 Å². The summed E-state index contributed by atoms with van der Waals surface area (Å²) in [6.45, 7) is 6.57. The van der Waals surface area contributed by atoms with E-state index in [4.69, 9.17) is 0 Å². The fraction of sp³-hybridized carbons (Fsp3) is 0.571. The van der Waals surface area contributed by atoms with E-state index < -0.39 is 0 Å². The van der Waals surface area contributed by atoms with Crippen molar-refractivity contribution in [1.29, 1.82) is 0 Å². The van der Waals surface area contributed by atoms with Gasteiger partial charge in [0.1, 0.15) is 10.6 Å². The van der Waals surface area contributed by atoms with Crippen LogP contribution in [0.15, 0.2) is 6.07 Å². The van der Waals surface area contributed by atoms with Gasteiger partial charge < -0.3 is 10.6 Å². The van der Waals surface area contributed by atoms with E-state index in [9.17, 15) is 0 Å². The second-order valence-corrected chi connectivity index (χ2v) is 5.88. The zero-order valence-corrected chi connectivity index (χ0v) is 12.9. The lowest BCUT2D eigenvalue weighted by molar-refractivity contribution is 0.688. The van der Waals surface area contributed by atoms with Gasteiger partial charge in [-0.15, -0.1) is 11.3 Å². The lowest BCUT2D eigenvalue weighted by Crippen LogP contribution is -2.16. The molecule has 0 aliphatic rings. The molecule has 0 aliphatic heterocycles. The molecule has 2 heterocycles. The topological polar surface area (TPSA) is 49.8 Å². The highest BCUT2D eigenvalue weighted by atomic mass is 32.1. The third-order valence-corrected chi connectivity index (χ3v) is 4.29. The second kappa shape index (κ2) is 6.19. The van der Waals surface area contributed by atoms with Crippen LogP contribution in [0, 0.1) is 0 Å². The van der Waals surface area contributed by atoms with Crippen LogP contribution >= 0.6 is 11.3 Å². The molecule has 1 atom stereocenters. The maximum atomic E-state index is 4.56. The molecule has 0 radical (unpaired) electrons. The van der Waals surface area contributed by atoms with Crippen LogP contribution in [0.2, 0.25) is 0 Å². The number of anilines is 2. The number of aryl methyl sites for hydroxylation is 1. The van der Waals surface area contributed by atoms with E-state index in [0.29, 0.717) is 12.0 Å². The molecular formula is C14H22N4S. The van der Waals surface area contributed by atoms with Crippen LogP contribution in [0.1, 0.15) is 38.5 Å². The molecule has 2 aromatic heterocycles. The average molecular weight is 278 g/mol. The highest BCUT2D eigenvalue weighted by Gasteiger charge is 2.12. The molecule has 104 valence electrons. The van der Waals surface area contributed by atoms with Gasteiger partial charge in [0.2, 0.25) is 5.95 Å². The minimum Gasteiger partial charge on any atom is -0.367 e. The van der Waals surface area contributed by atoms with Crippen LogP contribution in [0.5, 0.6) is 0 Å². The molecule has 0 aromatic carbocycles. The molecule has 2 N–H and O–H groups in total. The van der Waals surface area contributed by atoms with E-state index in [-0.39, 0.29) is 0 Å². The molecule has 0 saturated carbocycles. The molecule has 0 spiro atoms. The van der Waals surface area contributed by atoms with E-state index in [1.165, 1.54) is 11.3 Å². The summed E-state index contributed by atoms with van der Waals surface area (Å²) in [6.07, 6.45) is 3.36. The van der Waals surface area contributed by atoms with E-state index in [2.05, 4.69) is 47.4 Å². The molecule has 0 fully saturated rings. The predicted octanol–water partition coefficient (Wildman–Crippen LogP) is 3.90. The number of aromatic nitrogens is 2. The van der Waals surface area contributed by atoms with Crippen LogP contribution in [0.4, 0.5) is 11.8 Å². The number of hydrogen-bond acceptors (Lipinski definition) is 5. The van der Waals surface area contributed by atoms with Gasteiger partial charge in [0.05, 0.1) is 5.39 Å². The second-order valence-electron chi connectivity index (χ2n) is 4.76. The molecule has 19 heavy (non-hydrogen) atoms. The van der Waals surface area contributed by atoms with Gasteiger partial charge in [-0.2, -0.15) is 4.98 Å². The first-order valence-corrected chi connectivity index (χ1v) is 7.74. The van der Waals surface area contributed by atoms with Gasteiger partial charge in [-0.05, 0) is 25.8 Å². The van der Waals surface area contributed by atoms with Gasteiger partial charge in [0.15, 0.2) is 0 Å². The van der Waals surface area contributed by atoms with Crippen LogP contribution in [0.3, 0.4) is 0 Å². The zero-order valence-electron chi connectivity index (χ0n) is 12.1. The first kappa shape index (κ1) is 14.1. The minimum atomic E-state index is 0.429. The zero-order chi connectivity index (χ0) is 13.8. The quantitative estimate of drug-likeness (QED) is 0.841. The molecule has 2 aromatic rings. The van der Waals surface area contributed by atoms with Crippen molar-refractivity contribution in [2.75, 3.05) is 17.7 Å². The van der Waals surface area contributed by atoms with Crippen molar-refractivity contribution in [3.05, 3.63) is 10.9 Å². The maximum Gasteiger partial charge on any atom is 0.225 e. The molecule has 0 saturated heterocycles. The molecular weight excluding hydrogens is 256 g/mol. The fourth-order valence-electron chi connectivity index (χ4n) is 2.11. The lowest BCUT2D eigenvalue weighted by Gasteiger charge is -2.14. The van der Waals surface area contributed by atoms with E-state index in [0.717, 1.165) is 28.9 Å². The van der Waals surface area contributed by atoms with Gasteiger partial charge in [0.25, 0.3) is 0 Å². The van der Waals surface area contributed by atoms with Crippen molar-refractivity contribution in [2.24, 2.45) is 0 Å². The Balaban J connectivity index is 2.41. The minimum absolute atomic E-state index is 0.429. The van der Waals surface area contributed by atoms with Crippen molar-refractivity contribution < 1.29 is 0 Å². The summed E-state index contributed by atoms with van der Waals surface area (Å²) in [4.78, 5) is 11.5. The third kappa shape index (κ3) is 3.15. The third-order valence-electron chi connectivity index (χ3n) is 3.12. The van der Waals surface area contributed by atoms with Gasteiger partial charge in [-0.3, -0.25) is 0 Å². The van der Waals surface area contributed by atoms with Crippen LogP contribution in [-0.2, 0) is 6.42 Å². The molecule has 2 rings (SSSR count). The average Bonchev–Trinajstić information content (AvgIpc) is 2.82. The van der Waals surface area contributed by atoms with Gasteiger partial charge in [-0.25, -0.2) is 4.98 Å². The largest absolute Gasteiger partial charge is 0.367 e. The van der Waals surface area contributed by atoms with Crippen LogP contribution in [0.25, 0.3) is 10.2 Å². The Bertz CT molecular complexity index is 550.